The van der Waals surface area contributed by atoms with E-state index in [-0.39, 0.29) is 29.2 Å². The Morgan fingerprint density at radius 1 is 0.621 bits per heavy atom. The standard InChI is InChI=1S/C48H54N2O8/c1-7-32(5)29-56-44-27-36(19-22-39(44)47(52)49-40-16-12-13-17-42(40)57-30-34-14-10-9-11-15-34)35-18-21-38(43(26-35)55-25-24-31(3)4)46(51)50-41-23-20-37(48(53)54)28-45(41)58-33(6)8-2/h9-23,26-28,31-33H,7-8,24-25,29-30H2,1-6H3,(H,49,52)(H,50,51)(H,53,54). The van der Waals surface area contributed by atoms with Crippen LogP contribution in [0.15, 0.2) is 109 Å². The molecule has 0 bridgehead atoms. The van der Waals surface area contributed by atoms with E-state index in [2.05, 4.69) is 38.3 Å². The van der Waals surface area contributed by atoms with Gasteiger partial charge in [0, 0.05) is 0 Å². The van der Waals surface area contributed by atoms with E-state index in [1.54, 1.807) is 18.2 Å². The molecule has 0 radical (unpaired) electrons. The number of nitrogens with one attached hydrogen (secondary N) is 2. The van der Waals surface area contributed by atoms with Gasteiger partial charge in [-0.05, 0) is 103 Å². The summed E-state index contributed by atoms with van der Waals surface area (Å²) >= 11 is 0. The number of carboxylic acid groups (broad SMARTS) is 1. The number of carboxylic acids is 1. The molecule has 5 rings (SSSR count). The second-order valence-corrected chi connectivity index (χ2v) is 14.8. The van der Waals surface area contributed by atoms with Crippen LogP contribution in [0.5, 0.6) is 23.0 Å². The molecule has 10 heteroatoms. The minimum Gasteiger partial charge on any atom is -0.493 e. The van der Waals surface area contributed by atoms with Gasteiger partial charge in [-0.3, -0.25) is 9.59 Å². The molecule has 58 heavy (non-hydrogen) atoms. The summed E-state index contributed by atoms with van der Waals surface area (Å²) in [4.78, 5) is 39.5. The number of ether oxygens (including phenoxy) is 4. The molecular weight excluding hydrogens is 733 g/mol. The minimum absolute atomic E-state index is 0.0482. The Labute approximate surface area is 341 Å². The lowest BCUT2D eigenvalue weighted by atomic mass is 10.00. The first kappa shape index (κ1) is 42.8. The summed E-state index contributed by atoms with van der Waals surface area (Å²) in [5, 5.41) is 15.5. The molecule has 0 aromatic heterocycles. The highest BCUT2D eigenvalue weighted by molar-refractivity contribution is 6.08. The average molecular weight is 787 g/mol. The first-order valence-corrected chi connectivity index (χ1v) is 19.9. The van der Waals surface area contributed by atoms with Crippen LogP contribution < -0.4 is 29.6 Å². The molecule has 0 aliphatic carbocycles. The first-order chi connectivity index (χ1) is 27.9. The van der Waals surface area contributed by atoms with E-state index in [4.69, 9.17) is 18.9 Å². The number of benzene rings is 5. The molecule has 0 saturated heterocycles. The molecule has 0 saturated carbocycles. The Hall–Kier alpha value is -6.29. The van der Waals surface area contributed by atoms with Crippen molar-refractivity contribution in [1.29, 1.82) is 0 Å². The van der Waals surface area contributed by atoms with Gasteiger partial charge in [-0.15, -0.1) is 0 Å². The zero-order chi connectivity index (χ0) is 41.6. The lowest BCUT2D eigenvalue weighted by Gasteiger charge is -2.19. The number of amides is 2. The Bertz CT molecular complexity index is 2170. The summed E-state index contributed by atoms with van der Waals surface area (Å²) < 4.78 is 24.7. The van der Waals surface area contributed by atoms with E-state index in [0.29, 0.717) is 71.9 Å². The summed E-state index contributed by atoms with van der Waals surface area (Å²) in [7, 11) is 0. The molecule has 3 N–H and O–H groups in total. The predicted molar refractivity (Wildman–Crippen MR) is 229 cm³/mol. The molecule has 5 aromatic carbocycles. The van der Waals surface area contributed by atoms with Crippen molar-refractivity contribution < 1.29 is 38.4 Å². The maximum atomic E-state index is 13.9. The molecule has 0 fully saturated rings. The molecule has 10 nitrogen and oxygen atoms in total. The van der Waals surface area contributed by atoms with Crippen molar-refractivity contribution in [3.8, 4) is 34.1 Å². The second-order valence-electron chi connectivity index (χ2n) is 14.8. The van der Waals surface area contributed by atoms with Gasteiger partial charge in [-0.25, -0.2) is 4.79 Å². The van der Waals surface area contributed by atoms with Gasteiger partial charge >= 0.3 is 5.97 Å². The van der Waals surface area contributed by atoms with Gasteiger partial charge in [0.1, 0.15) is 29.6 Å². The van der Waals surface area contributed by atoms with Crippen molar-refractivity contribution in [2.24, 2.45) is 11.8 Å². The fourth-order valence-electron chi connectivity index (χ4n) is 5.74. The van der Waals surface area contributed by atoms with Gasteiger partial charge < -0.3 is 34.7 Å². The topological polar surface area (TPSA) is 132 Å². The summed E-state index contributed by atoms with van der Waals surface area (Å²) in [5.41, 5.74) is 4.10. The van der Waals surface area contributed by atoms with E-state index in [0.717, 1.165) is 29.5 Å². The zero-order valence-electron chi connectivity index (χ0n) is 34.2. The number of anilines is 2. The van der Waals surface area contributed by atoms with Gasteiger partial charge in [0.2, 0.25) is 0 Å². The van der Waals surface area contributed by atoms with E-state index in [9.17, 15) is 19.5 Å². The van der Waals surface area contributed by atoms with Gasteiger partial charge in [0.25, 0.3) is 11.8 Å². The lowest BCUT2D eigenvalue weighted by molar-refractivity contribution is 0.0695. The van der Waals surface area contributed by atoms with Crippen LogP contribution in [-0.2, 0) is 6.61 Å². The minimum atomic E-state index is -1.10. The molecule has 0 spiro atoms. The number of carbonyl (C=O) groups is 3. The molecule has 2 unspecified atom stereocenters. The van der Waals surface area contributed by atoms with Crippen molar-refractivity contribution in [3.05, 3.63) is 131 Å². The summed E-state index contributed by atoms with van der Waals surface area (Å²) in [6.07, 6.45) is 2.16. The van der Waals surface area contributed by atoms with Crippen molar-refractivity contribution in [3.63, 3.8) is 0 Å². The number of hydrogen-bond acceptors (Lipinski definition) is 7. The number of aromatic carboxylic acids is 1. The first-order valence-electron chi connectivity index (χ1n) is 19.9. The molecule has 2 atom stereocenters. The van der Waals surface area contributed by atoms with Gasteiger partial charge in [-0.2, -0.15) is 0 Å². The fourth-order valence-corrected chi connectivity index (χ4v) is 5.74. The Morgan fingerprint density at radius 3 is 1.83 bits per heavy atom. The van der Waals surface area contributed by atoms with Crippen LogP contribution in [0, 0.1) is 11.8 Å². The summed E-state index contributed by atoms with van der Waals surface area (Å²) in [6, 6.07) is 32.3. The Morgan fingerprint density at radius 2 is 1.22 bits per heavy atom. The zero-order valence-corrected chi connectivity index (χ0v) is 34.2. The van der Waals surface area contributed by atoms with E-state index < -0.39 is 11.9 Å². The second kappa shape index (κ2) is 20.8. The number of para-hydroxylation sites is 2. The smallest absolute Gasteiger partial charge is 0.335 e. The van der Waals surface area contributed by atoms with Crippen LogP contribution in [0.3, 0.4) is 0 Å². The number of hydrogen-bond donors (Lipinski definition) is 3. The molecule has 2 amide bonds. The highest BCUT2D eigenvalue weighted by Crippen LogP contribution is 2.35. The third-order valence-corrected chi connectivity index (χ3v) is 9.71. The molecule has 0 aliphatic rings. The fraction of sp³-hybridized carbons (Fsp3) is 0.312. The lowest BCUT2D eigenvalue weighted by Crippen LogP contribution is -2.17. The quantitative estimate of drug-likeness (QED) is 0.0710. The van der Waals surface area contributed by atoms with Crippen LogP contribution in [-0.4, -0.2) is 42.2 Å². The van der Waals surface area contributed by atoms with E-state index in [1.165, 1.54) is 18.2 Å². The largest absolute Gasteiger partial charge is 0.493 e. The third kappa shape index (κ3) is 11.9. The summed E-state index contributed by atoms with van der Waals surface area (Å²) in [6.45, 7) is 13.4. The molecular formula is C48H54N2O8. The predicted octanol–water partition coefficient (Wildman–Crippen LogP) is 11.2. The number of carbonyl (C=O) groups excluding carboxylic acids is 2. The highest BCUT2D eigenvalue weighted by atomic mass is 16.5. The molecule has 0 heterocycles. The van der Waals surface area contributed by atoms with Crippen LogP contribution >= 0.6 is 0 Å². The Kier molecular flexibility index (Phi) is 15.3. The maximum Gasteiger partial charge on any atom is 0.335 e. The number of rotatable bonds is 20. The summed E-state index contributed by atoms with van der Waals surface area (Å²) in [5.74, 6) is 0.336. The van der Waals surface area contributed by atoms with Crippen LogP contribution in [0.2, 0.25) is 0 Å². The van der Waals surface area contributed by atoms with Crippen molar-refractivity contribution in [2.75, 3.05) is 23.8 Å². The van der Waals surface area contributed by atoms with Crippen LogP contribution in [0.4, 0.5) is 11.4 Å². The third-order valence-electron chi connectivity index (χ3n) is 9.71. The van der Waals surface area contributed by atoms with Crippen LogP contribution in [0.25, 0.3) is 11.1 Å². The molecule has 0 aliphatic heterocycles. The average Bonchev–Trinajstić information content (AvgIpc) is 3.22. The van der Waals surface area contributed by atoms with Gasteiger partial charge in [-0.1, -0.05) is 95.6 Å². The van der Waals surface area contributed by atoms with Crippen molar-refractivity contribution in [2.45, 2.75) is 73.5 Å². The van der Waals surface area contributed by atoms with Crippen LogP contribution in [0.1, 0.15) is 97.4 Å². The Balaban J connectivity index is 1.45. The molecule has 304 valence electrons. The van der Waals surface area contributed by atoms with Crippen molar-refractivity contribution in [1.82, 2.24) is 0 Å². The van der Waals surface area contributed by atoms with Gasteiger partial charge in [0.15, 0.2) is 0 Å². The normalized spacial score (nSPS) is 12.0. The molecule has 5 aromatic rings. The SMILES string of the molecule is CCC(C)COc1cc(-c2ccc(C(=O)Nc3ccc(C(=O)O)cc3OC(C)CC)c(OCCC(C)C)c2)ccc1C(=O)Nc1ccccc1OCc1ccccc1. The monoisotopic (exact) mass is 786 g/mol. The van der Waals surface area contributed by atoms with Gasteiger partial charge in [0.05, 0.1) is 47.4 Å². The maximum absolute atomic E-state index is 13.9. The van der Waals surface area contributed by atoms with E-state index in [1.807, 2.05) is 86.6 Å². The van der Waals surface area contributed by atoms with E-state index >= 15 is 0 Å². The van der Waals surface area contributed by atoms with Crippen molar-refractivity contribution >= 4 is 29.2 Å². The highest BCUT2D eigenvalue weighted by Gasteiger charge is 2.21.